The van der Waals surface area contributed by atoms with Crippen LogP contribution in [0.2, 0.25) is 0 Å². The molecule has 0 saturated heterocycles. The number of carbonyl (C=O) groups excluding carboxylic acids is 2. The molecule has 7 heteroatoms. The van der Waals surface area contributed by atoms with E-state index in [1.54, 1.807) is 51.5 Å². The summed E-state index contributed by atoms with van der Waals surface area (Å²) in [6.45, 7) is 1.81. The highest BCUT2D eigenvalue weighted by molar-refractivity contribution is 6.03. The van der Waals surface area contributed by atoms with E-state index >= 15 is 0 Å². The van der Waals surface area contributed by atoms with Gasteiger partial charge in [-0.05, 0) is 37.3 Å². The average Bonchev–Trinajstić information content (AvgIpc) is 2.84. The number of amides is 2. The molecule has 0 spiro atoms. The number of ether oxygens (including phenoxy) is 1. The Morgan fingerprint density at radius 2 is 1.91 bits per heavy atom. The number of aryl methyl sites for hydroxylation is 2. The van der Waals surface area contributed by atoms with Crippen molar-refractivity contribution in [3.8, 4) is 5.75 Å². The highest BCUT2D eigenvalue weighted by Crippen LogP contribution is 2.16. The SMILES string of the molecule is Cc1cc(C(=O)Nc2ccc(OCC(=O)N(C)C)cc2)n(C)n1. The molecule has 7 nitrogen and oxygen atoms in total. The van der Waals surface area contributed by atoms with Gasteiger partial charge in [0.05, 0.1) is 5.69 Å². The number of carbonyl (C=O) groups is 2. The first-order valence-electron chi connectivity index (χ1n) is 7.12. The molecular formula is C16H20N4O3. The number of rotatable bonds is 5. The zero-order valence-corrected chi connectivity index (χ0v) is 13.7. The van der Waals surface area contributed by atoms with Gasteiger partial charge in [0, 0.05) is 26.8 Å². The van der Waals surface area contributed by atoms with Crippen LogP contribution in [0.4, 0.5) is 5.69 Å². The third-order valence-corrected chi connectivity index (χ3v) is 3.21. The maximum Gasteiger partial charge on any atom is 0.273 e. The highest BCUT2D eigenvalue weighted by atomic mass is 16.5. The smallest absolute Gasteiger partial charge is 0.273 e. The van der Waals surface area contributed by atoms with E-state index in [9.17, 15) is 9.59 Å². The van der Waals surface area contributed by atoms with E-state index in [-0.39, 0.29) is 18.4 Å². The van der Waals surface area contributed by atoms with E-state index in [4.69, 9.17) is 4.74 Å². The first kappa shape index (κ1) is 16.5. The third-order valence-electron chi connectivity index (χ3n) is 3.21. The lowest BCUT2D eigenvalue weighted by atomic mass is 10.3. The molecule has 0 aliphatic heterocycles. The molecule has 2 aromatic rings. The van der Waals surface area contributed by atoms with Gasteiger partial charge in [0.15, 0.2) is 6.61 Å². The van der Waals surface area contributed by atoms with Crippen LogP contribution in [-0.2, 0) is 11.8 Å². The molecule has 0 fully saturated rings. The fourth-order valence-corrected chi connectivity index (χ4v) is 1.93. The van der Waals surface area contributed by atoms with Gasteiger partial charge in [-0.25, -0.2) is 0 Å². The summed E-state index contributed by atoms with van der Waals surface area (Å²) in [5, 5.41) is 6.94. The summed E-state index contributed by atoms with van der Waals surface area (Å²) in [6, 6.07) is 8.56. The van der Waals surface area contributed by atoms with E-state index in [1.807, 2.05) is 6.92 Å². The maximum atomic E-state index is 12.2. The summed E-state index contributed by atoms with van der Waals surface area (Å²) in [6.07, 6.45) is 0. The van der Waals surface area contributed by atoms with Crippen molar-refractivity contribution in [3.05, 3.63) is 41.7 Å². The van der Waals surface area contributed by atoms with Crippen molar-refractivity contribution >= 4 is 17.5 Å². The van der Waals surface area contributed by atoms with E-state index < -0.39 is 0 Å². The van der Waals surface area contributed by atoms with Crippen LogP contribution in [0.3, 0.4) is 0 Å². The van der Waals surface area contributed by atoms with Gasteiger partial charge >= 0.3 is 0 Å². The number of nitrogens with one attached hydrogen (secondary N) is 1. The van der Waals surface area contributed by atoms with Gasteiger partial charge in [0.25, 0.3) is 11.8 Å². The van der Waals surface area contributed by atoms with E-state index in [2.05, 4.69) is 10.4 Å². The predicted octanol–water partition coefficient (Wildman–Crippen LogP) is 1.45. The highest BCUT2D eigenvalue weighted by Gasteiger charge is 2.12. The molecule has 0 aliphatic carbocycles. The molecule has 1 N–H and O–H groups in total. The summed E-state index contributed by atoms with van der Waals surface area (Å²) >= 11 is 0. The third kappa shape index (κ3) is 4.32. The number of nitrogens with zero attached hydrogens (tertiary/aromatic N) is 3. The molecule has 0 saturated carbocycles. The fourth-order valence-electron chi connectivity index (χ4n) is 1.93. The predicted molar refractivity (Wildman–Crippen MR) is 86.5 cm³/mol. The summed E-state index contributed by atoms with van der Waals surface area (Å²) in [7, 11) is 5.07. The molecule has 2 rings (SSSR count). The Labute approximate surface area is 134 Å². The van der Waals surface area contributed by atoms with Crippen molar-refractivity contribution in [3.63, 3.8) is 0 Å². The lowest BCUT2D eigenvalue weighted by Crippen LogP contribution is -2.27. The van der Waals surface area contributed by atoms with Crippen LogP contribution in [0.25, 0.3) is 0 Å². The molecule has 0 bridgehead atoms. The van der Waals surface area contributed by atoms with Gasteiger partial charge in [-0.15, -0.1) is 0 Å². The van der Waals surface area contributed by atoms with Crippen molar-refractivity contribution in [2.24, 2.45) is 7.05 Å². The maximum absolute atomic E-state index is 12.2. The van der Waals surface area contributed by atoms with Gasteiger partial charge < -0.3 is 15.0 Å². The first-order chi connectivity index (χ1) is 10.9. The second-order valence-corrected chi connectivity index (χ2v) is 5.35. The largest absolute Gasteiger partial charge is 0.484 e. The van der Waals surface area contributed by atoms with Crippen LogP contribution in [0, 0.1) is 6.92 Å². The zero-order chi connectivity index (χ0) is 17.0. The Kier molecular flexibility index (Phi) is 5.00. The summed E-state index contributed by atoms with van der Waals surface area (Å²) in [5.41, 5.74) is 1.91. The van der Waals surface area contributed by atoms with Crippen molar-refractivity contribution < 1.29 is 14.3 Å². The van der Waals surface area contributed by atoms with E-state index in [1.165, 1.54) is 9.58 Å². The molecule has 0 unspecified atom stereocenters. The van der Waals surface area contributed by atoms with Crippen molar-refractivity contribution in [1.29, 1.82) is 0 Å². The molecule has 2 amide bonds. The minimum Gasteiger partial charge on any atom is -0.484 e. The van der Waals surface area contributed by atoms with Crippen LogP contribution in [-0.4, -0.2) is 47.2 Å². The van der Waals surface area contributed by atoms with Crippen molar-refractivity contribution in [1.82, 2.24) is 14.7 Å². The second kappa shape index (κ2) is 6.95. The molecule has 1 heterocycles. The second-order valence-electron chi connectivity index (χ2n) is 5.35. The minimum absolute atomic E-state index is 0.0208. The molecule has 0 aliphatic rings. The Hall–Kier alpha value is -2.83. The summed E-state index contributed by atoms with van der Waals surface area (Å²) in [4.78, 5) is 25.1. The van der Waals surface area contributed by atoms with Crippen LogP contribution >= 0.6 is 0 Å². The van der Waals surface area contributed by atoms with E-state index in [0.29, 0.717) is 17.1 Å². The quantitative estimate of drug-likeness (QED) is 0.906. The minimum atomic E-state index is -0.232. The number of hydrogen-bond donors (Lipinski definition) is 1. The van der Waals surface area contributed by atoms with Crippen LogP contribution in [0.1, 0.15) is 16.2 Å². The molecule has 23 heavy (non-hydrogen) atoms. The van der Waals surface area contributed by atoms with Crippen molar-refractivity contribution in [2.75, 3.05) is 26.0 Å². The summed E-state index contributed by atoms with van der Waals surface area (Å²) < 4.78 is 6.91. The number of benzene rings is 1. The Bertz CT molecular complexity index is 705. The normalized spacial score (nSPS) is 10.3. The Morgan fingerprint density at radius 3 is 2.43 bits per heavy atom. The van der Waals surface area contributed by atoms with Crippen molar-refractivity contribution in [2.45, 2.75) is 6.92 Å². The monoisotopic (exact) mass is 316 g/mol. The number of anilines is 1. The number of likely N-dealkylation sites (N-methyl/N-ethyl adjacent to an activating group) is 1. The molecule has 122 valence electrons. The fraction of sp³-hybridized carbons (Fsp3) is 0.312. The van der Waals surface area contributed by atoms with Gasteiger partial charge in [0.1, 0.15) is 11.4 Å². The zero-order valence-electron chi connectivity index (χ0n) is 13.7. The van der Waals surface area contributed by atoms with E-state index in [0.717, 1.165) is 5.69 Å². The lowest BCUT2D eigenvalue weighted by Gasteiger charge is -2.11. The van der Waals surface area contributed by atoms with Crippen LogP contribution < -0.4 is 10.1 Å². The average molecular weight is 316 g/mol. The molecule has 0 atom stereocenters. The van der Waals surface area contributed by atoms with Gasteiger partial charge in [-0.1, -0.05) is 0 Å². The number of hydrogen-bond acceptors (Lipinski definition) is 4. The molecule has 0 radical (unpaired) electrons. The van der Waals surface area contributed by atoms with Gasteiger partial charge in [-0.3, -0.25) is 14.3 Å². The number of aromatic nitrogens is 2. The Balaban J connectivity index is 1.96. The lowest BCUT2D eigenvalue weighted by molar-refractivity contribution is -0.130. The molecule has 1 aromatic heterocycles. The van der Waals surface area contributed by atoms with Gasteiger partial charge in [0.2, 0.25) is 0 Å². The topological polar surface area (TPSA) is 76.5 Å². The molecular weight excluding hydrogens is 296 g/mol. The Morgan fingerprint density at radius 1 is 1.26 bits per heavy atom. The standard InChI is InChI=1S/C16H20N4O3/c1-11-9-14(20(4)18-11)16(22)17-12-5-7-13(8-6-12)23-10-15(21)19(2)3/h5-9H,10H2,1-4H3,(H,17,22). The van der Waals surface area contributed by atoms with Crippen LogP contribution in [0.5, 0.6) is 5.75 Å². The first-order valence-corrected chi connectivity index (χ1v) is 7.12. The summed E-state index contributed by atoms with van der Waals surface area (Å²) in [5.74, 6) is 0.216. The molecule has 1 aromatic carbocycles. The van der Waals surface area contributed by atoms with Crippen LogP contribution in [0.15, 0.2) is 30.3 Å². The van der Waals surface area contributed by atoms with Gasteiger partial charge in [-0.2, -0.15) is 5.10 Å².